The summed E-state index contributed by atoms with van der Waals surface area (Å²) in [6, 6.07) is 4.80. The zero-order valence-electron chi connectivity index (χ0n) is 7.95. The molecular formula is C9H8N4O2. The number of hydrogen-bond acceptors (Lipinski definition) is 4. The molecule has 2 heterocycles. The van der Waals surface area contributed by atoms with Gasteiger partial charge in [0.25, 0.3) is 0 Å². The molecule has 0 aliphatic heterocycles. The molecular weight excluding hydrogens is 196 g/mol. The smallest absolute Gasteiger partial charge is 0.356 e. The van der Waals surface area contributed by atoms with E-state index in [9.17, 15) is 4.79 Å². The fraction of sp³-hybridized carbons (Fsp3) is 0.111. The van der Waals surface area contributed by atoms with E-state index in [4.69, 9.17) is 5.11 Å². The Labute approximate surface area is 85.2 Å². The lowest BCUT2D eigenvalue weighted by Gasteiger charge is -1.99. The van der Waals surface area contributed by atoms with Crippen LogP contribution < -0.4 is 0 Å². The minimum atomic E-state index is -1.08. The summed E-state index contributed by atoms with van der Waals surface area (Å²) in [5.41, 5.74) is 1.32. The van der Waals surface area contributed by atoms with Crippen molar-refractivity contribution in [1.29, 1.82) is 0 Å². The van der Waals surface area contributed by atoms with Gasteiger partial charge in [-0.1, -0.05) is 0 Å². The molecule has 0 aliphatic carbocycles. The van der Waals surface area contributed by atoms with Crippen LogP contribution in [-0.2, 0) is 7.05 Å². The summed E-state index contributed by atoms with van der Waals surface area (Å²) in [6.45, 7) is 0. The summed E-state index contributed by atoms with van der Waals surface area (Å²) in [6.07, 6.45) is 1.64. The number of hydrogen-bond donors (Lipinski definition) is 1. The molecule has 2 rings (SSSR count). The summed E-state index contributed by atoms with van der Waals surface area (Å²) in [5, 5.41) is 20.0. The maximum absolute atomic E-state index is 10.5. The van der Waals surface area contributed by atoms with Crippen molar-refractivity contribution in [3.8, 4) is 11.4 Å². The van der Waals surface area contributed by atoms with Crippen LogP contribution >= 0.6 is 0 Å². The highest BCUT2D eigenvalue weighted by molar-refractivity contribution is 5.85. The molecule has 6 heteroatoms. The summed E-state index contributed by atoms with van der Waals surface area (Å²) in [5.74, 6) is -1.08. The Morgan fingerprint density at radius 2 is 2.13 bits per heavy atom. The second-order valence-electron chi connectivity index (χ2n) is 2.95. The fourth-order valence-electron chi connectivity index (χ4n) is 1.21. The van der Waals surface area contributed by atoms with Crippen LogP contribution in [0.15, 0.2) is 24.4 Å². The van der Waals surface area contributed by atoms with E-state index in [2.05, 4.69) is 15.3 Å². The first-order valence-electron chi connectivity index (χ1n) is 4.24. The summed E-state index contributed by atoms with van der Waals surface area (Å²) in [4.78, 5) is 10.5. The molecule has 0 saturated carbocycles. The molecule has 0 fully saturated rings. The number of aromatic carboxylic acids is 1. The van der Waals surface area contributed by atoms with Crippen LogP contribution in [0, 0.1) is 0 Å². The van der Waals surface area contributed by atoms with Crippen molar-refractivity contribution in [2.75, 3.05) is 0 Å². The highest BCUT2D eigenvalue weighted by Gasteiger charge is 2.08. The van der Waals surface area contributed by atoms with Crippen LogP contribution in [0.5, 0.6) is 0 Å². The first-order valence-corrected chi connectivity index (χ1v) is 4.24. The third-order valence-corrected chi connectivity index (χ3v) is 1.97. The van der Waals surface area contributed by atoms with E-state index in [0.29, 0.717) is 5.69 Å². The Hall–Kier alpha value is -2.24. The van der Waals surface area contributed by atoms with Gasteiger partial charge in [0.2, 0.25) is 0 Å². The Balaban J connectivity index is 2.40. The quantitative estimate of drug-likeness (QED) is 0.773. The molecule has 1 N–H and O–H groups in total. The number of nitrogens with zero attached hydrogens (tertiary/aromatic N) is 4. The Kier molecular flexibility index (Phi) is 2.17. The Morgan fingerprint density at radius 3 is 2.60 bits per heavy atom. The van der Waals surface area contributed by atoms with Gasteiger partial charge in [-0.3, -0.25) is 4.68 Å². The summed E-state index contributed by atoms with van der Waals surface area (Å²) < 4.78 is 1.64. The molecule has 0 amide bonds. The van der Waals surface area contributed by atoms with E-state index in [-0.39, 0.29) is 5.69 Å². The average molecular weight is 204 g/mol. The van der Waals surface area contributed by atoms with Gasteiger partial charge < -0.3 is 5.11 Å². The first kappa shape index (κ1) is 9.32. The van der Waals surface area contributed by atoms with Crippen LogP contribution in [0.3, 0.4) is 0 Å². The highest BCUT2D eigenvalue weighted by Crippen LogP contribution is 2.13. The SMILES string of the molecule is Cn1nccc1-c1ccc(C(=O)O)nn1. The lowest BCUT2D eigenvalue weighted by Crippen LogP contribution is -2.03. The number of aryl methyl sites for hydroxylation is 1. The van der Waals surface area contributed by atoms with E-state index in [1.54, 1.807) is 30.1 Å². The molecule has 76 valence electrons. The van der Waals surface area contributed by atoms with Gasteiger partial charge >= 0.3 is 5.97 Å². The molecule has 0 bridgehead atoms. The number of aromatic nitrogens is 4. The van der Waals surface area contributed by atoms with Gasteiger partial charge in [0.1, 0.15) is 5.69 Å². The van der Waals surface area contributed by atoms with Gasteiger partial charge in [0.05, 0.1) is 5.69 Å². The van der Waals surface area contributed by atoms with E-state index < -0.39 is 5.97 Å². The van der Waals surface area contributed by atoms with E-state index in [0.717, 1.165) is 5.69 Å². The van der Waals surface area contributed by atoms with Crippen molar-refractivity contribution in [1.82, 2.24) is 20.0 Å². The number of carbonyl (C=O) groups is 1. The van der Waals surface area contributed by atoms with Gasteiger partial charge in [0, 0.05) is 13.2 Å². The zero-order chi connectivity index (χ0) is 10.8. The molecule has 0 aromatic carbocycles. The highest BCUT2D eigenvalue weighted by atomic mass is 16.4. The van der Waals surface area contributed by atoms with E-state index in [1.807, 2.05) is 0 Å². The van der Waals surface area contributed by atoms with Gasteiger partial charge in [-0.2, -0.15) is 5.10 Å². The normalized spacial score (nSPS) is 10.2. The molecule has 15 heavy (non-hydrogen) atoms. The maximum Gasteiger partial charge on any atom is 0.356 e. The van der Waals surface area contributed by atoms with Crippen LogP contribution in [0.25, 0.3) is 11.4 Å². The summed E-state index contributed by atoms with van der Waals surface area (Å²) in [7, 11) is 1.78. The van der Waals surface area contributed by atoms with Gasteiger partial charge in [-0.05, 0) is 18.2 Å². The monoisotopic (exact) mass is 204 g/mol. The largest absolute Gasteiger partial charge is 0.476 e. The standard InChI is InChI=1S/C9H8N4O2/c1-13-8(4-5-10-13)6-2-3-7(9(14)15)12-11-6/h2-5H,1H3,(H,14,15). The van der Waals surface area contributed by atoms with Crippen LogP contribution in [0.1, 0.15) is 10.5 Å². The second kappa shape index (κ2) is 3.49. The molecule has 6 nitrogen and oxygen atoms in total. The molecule has 0 radical (unpaired) electrons. The van der Waals surface area contributed by atoms with Crippen LogP contribution in [0.2, 0.25) is 0 Å². The molecule has 0 atom stereocenters. The Bertz CT molecular complexity index is 489. The zero-order valence-corrected chi connectivity index (χ0v) is 7.95. The third kappa shape index (κ3) is 1.69. The summed E-state index contributed by atoms with van der Waals surface area (Å²) >= 11 is 0. The number of carboxylic acid groups (broad SMARTS) is 1. The predicted octanol–water partition coefficient (Wildman–Crippen LogP) is 0.575. The van der Waals surface area contributed by atoms with Gasteiger partial charge in [0.15, 0.2) is 5.69 Å². The number of carboxylic acids is 1. The first-order chi connectivity index (χ1) is 7.18. The van der Waals surface area contributed by atoms with Crippen molar-refractivity contribution in [3.05, 3.63) is 30.1 Å². The van der Waals surface area contributed by atoms with Crippen molar-refractivity contribution in [3.63, 3.8) is 0 Å². The lowest BCUT2D eigenvalue weighted by molar-refractivity contribution is 0.0689. The second-order valence-corrected chi connectivity index (χ2v) is 2.95. The van der Waals surface area contributed by atoms with Gasteiger partial charge in [-0.25, -0.2) is 4.79 Å². The van der Waals surface area contributed by atoms with Crippen molar-refractivity contribution >= 4 is 5.97 Å². The molecule has 0 unspecified atom stereocenters. The molecule has 2 aromatic heterocycles. The minimum absolute atomic E-state index is 0.0686. The van der Waals surface area contributed by atoms with Crippen LogP contribution in [0.4, 0.5) is 0 Å². The molecule has 0 aliphatic rings. The van der Waals surface area contributed by atoms with E-state index >= 15 is 0 Å². The van der Waals surface area contributed by atoms with Crippen molar-refractivity contribution < 1.29 is 9.90 Å². The van der Waals surface area contributed by atoms with Crippen molar-refractivity contribution in [2.24, 2.45) is 7.05 Å². The fourth-order valence-corrected chi connectivity index (χ4v) is 1.21. The Morgan fingerprint density at radius 1 is 1.33 bits per heavy atom. The topological polar surface area (TPSA) is 80.9 Å². The molecule has 2 aromatic rings. The third-order valence-electron chi connectivity index (χ3n) is 1.97. The molecule has 0 saturated heterocycles. The predicted molar refractivity (Wildman–Crippen MR) is 51.2 cm³/mol. The van der Waals surface area contributed by atoms with Crippen LogP contribution in [-0.4, -0.2) is 31.1 Å². The van der Waals surface area contributed by atoms with Gasteiger partial charge in [-0.15, -0.1) is 10.2 Å². The molecule has 0 spiro atoms. The van der Waals surface area contributed by atoms with E-state index in [1.165, 1.54) is 6.07 Å². The average Bonchev–Trinajstić information content (AvgIpc) is 2.65. The lowest BCUT2D eigenvalue weighted by atomic mass is 10.2. The maximum atomic E-state index is 10.5. The van der Waals surface area contributed by atoms with Crippen molar-refractivity contribution in [2.45, 2.75) is 0 Å². The number of rotatable bonds is 2. The minimum Gasteiger partial charge on any atom is -0.476 e.